The molecule has 0 amide bonds. The Kier molecular flexibility index (Phi) is 3.49. The molecule has 2 atom stereocenters. The Balaban J connectivity index is 1.90. The van der Waals surface area contributed by atoms with Crippen LogP contribution in [0.2, 0.25) is 0 Å². The van der Waals surface area contributed by atoms with Crippen molar-refractivity contribution in [3.8, 4) is 11.3 Å². The van der Waals surface area contributed by atoms with Crippen LogP contribution in [0, 0.1) is 6.92 Å². The van der Waals surface area contributed by atoms with E-state index in [1.165, 1.54) is 0 Å². The summed E-state index contributed by atoms with van der Waals surface area (Å²) in [5.74, 6) is 1.91. The summed E-state index contributed by atoms with van der Waals surface area (Å²) >= 11 is 0. The molecule has 0 aromatic carbocycles. The van der Waals surface area contributed by atoms with Crippen molar-refractivity contribution >= 4 is 5.82 Å². The third-order valence-electron chi connectivity index (χ3n) is 3.61. The third kappa shape index (κ3) is 2.56. The van der Waals surface area contributed by atoms with Gasteiger partial charge in [0, 0.05) is 18.7 Å². The van der Waals surface area contributed by atoms with Gasteiger partial charge in [0.1, 0.15) is 11.6 Å². The van der Waals surface area contributed by atoms with Gasteiger partial charge in [0.15, 0.2) is 0 Å². The zero-order chi connectivity index (χ0) is 14.1. The minimum absolute atomic E-state index is 0.236. The van der Waals surface area contributed by atoms with E-state index in [0.717, 1.165) is 35.9 Å². The van der Waals surface area contributed by atoms with Gasteiger partial charge >= 0.3 is 0 Å². The topological polar surface area (TPSA) is 38.5 Å². The number of rotatable bonds is 2. The Bertz CT molecular complexity index is 584. The zero-order valence-corrected chi connectivity index (χ0v) is 12.2. The first-order valence-electron chi connectivity index (χ1n) is 7.05. The van der Waals surface area contributed by atoms with Crippen molar-refractivity contribution in [3.63, 3.8) is 0 Å². The molecule has 1 fully saturated rings. The summed E-state index contributed by atoms with van der Waals surface area (Å²) in [4.78, 5) is 7.07. The molecule has 20 heavy (non-hydrogen) atoms. The molecule has 4 heteroatoms. The minimum atomic E-state index is 0.236. The molecule has 0 saturated carbocycles. The maximum Gasteiger partial charge on any atom is 0.129 e. The molecule has 1 saturated heterocycles. The average Bonchev–Trinajstić information content (AvgIpc) is 2.84. The smallest absolute Gasteiger partial charge is 0.129 e. The number of hydrogen-bond acceptors (Lipinski definition) is 4. The molecule has 0 aliphatic carbocycles. The van der Waals surface area contributed by atoms with Crippen LogP contribution in [0.5, 0.6) is 0 Å². The predicted molar refractivity (Wildman–Crippen MR) is 78.9 cm³/mol. The van der Waals surface area contributed by atoms with E-state index >= 15 is 0 Å². The lowest BCUT2D eigenvalue weighted by Gasteiger charge is -2.36. The highest BCUT2D eigenvalue weighted by molar-refractivity contribution is 5.63. The molecule has 2 aromatic rings. The molecule has 3 rings (SSSR count). The van der Waals surface area contributed by atoms with Crippen molar-refractivity contribution in [2.45, 2.75) is 33.0 Å². The summed E-state index contributed by atoms with van der Waals surface area (Å²) in [5.41, 5.74) is 2.02. The molecule has 0 N–H and O–H groups in total. The summed E-state index contributed by atoms with van der Waals surface area (Å²) in [6, 6.07) is 8.10. The minimum Gasteiger partial charge on any atom is -0.469 e. The molecule has 0 spiro atoms. The highest BCUT2D eigenvalue weighted by Gasteiger charge is 2.23. The number of furan rings is 1. The van der Waals surface area contributed by atoms with Gasteiger partial charge in [-0.05, 0) is 39.0 Å². The van der Waals surface area contributed by atoms with Crippen molar-refractivity contribution in [1.82, 2.24) is 4.98 Å². The van der Waals surface area contributed by atoms with Crippen molar-refractivity contribution in [2.24, 2.45) is 0 Å². The van der Waals surface area contributed by atoms with Crippen LogP contribution in [0.25, 0.3) is 11.3 Å². The first-order valence-corrected chi connectivity index (χ1v) is 7.05. The normalized spacial score (nSPS) is 23.1. The Labute approximate surface area is 119 Å². The number of aromatic nitrogens is 1. The van der Waals surface area contributed by atoms with E-state index in [9.17, 15) is 0 Å². The highest BCUT2D eigenvalue weighted by Crippen LogP contribution is 2.25. The molecular formula is C16H20N2O2. The van der Waals surface area contributed by atoms with E-state index < -0.39 is 0 Å². The van der Waals surface area contributed by atoms with Crippen molar-refractivity contribution in [1.29, 1.82) is 0 Å². The summed E-state index contributed by atoms with van der Waals surface area (Å²) in [7, 11) is 0. The standard InChI is InChI=1S/C16H20N2O2/c1-11-9-18(10-12(2)20-11)16-6-4-5-15(17-16)14-7-8-19-13(14)3/h4-8,11-12H,9-10H2,1-3H3/t11-,12?/m1/s1. The molecule has 0 bridgehead atoms. The van der Waals surface area contributed by atoms with E-state index in [1.807, 2.05) is 19.1 Å². The monoisotopic (exact) mass is 272 g/mol. The Morgan fingerprint density at radius 1 is 1.15 bits per heavy atom. The van der Waals surface area contributed by atoms with E-state index in [4.69, 9.17) is 14.1 Å². The summed E-state index contributed by atoms with van der Waals surface area (Å²) in [6.45, 7) is 7.93. The molecule has 4 nitrogen and oxygen atoms in total. The molecule has 1 unspecified atom stereocenters. The number of anilines is 1. The van der Waals surface area contributed by atoms with Crippen molar-refractivity contribution in [3.05, 3.63) is 36.3 Å². The largest absolute Gasteiger partial charge is 0.469 e. The second kappa shape index (κ2) is 5.29. The summed E-state index contributed by atoms with van der Waals surface area (Å²) in [5, 5.41) is 0. The fraction of sp³-hybridized carbons (Fsp3) is 0.438. The van der Waals surface area contributed by atoms with Gasteiger partial charge in [0.05, 0.1) is 24.2 Å². The lowest BCUT2D eigenvalue weighted by molar-refractivity contribution is -0.00545. The number of hydrogen-bond donors (Lipinski definition) is 0. The van der Waals surface area contributed by atoms with Crippen molar-refractivity contribution < 1.29 is 9.15 Å². The molecule has 106 valence electrons. The van der Waals surface area contributed by atoms with Gasteiger partial charge in [0.2, 0.25) is 0 Å². The van der Waals surface area contributed by atoms with Crippen LogP contribution in [-0.2, 0) is 4.74 Å². The predicted octanol–water partition coefficient (Wildman–Crippen LogP) is 3.26. The van der Waals surface area contributed by atoms with E-state index in [2.05, 4.69) is 30.9 Å². The van der Waals surface area contributed by atoms with Gasteiger partial charge in [-0.25, -0.2) is 4.98 Å². The Morgan fingerprint density at radius 3 is 2.55 bits per heavy atom. The first kappa shape index (κ1) is 13.2. The van der Waals surface area contributed by atoms with E-state index in [-0.39, 0.29) is 12.2 Å². The molecule has 1 aliphatic rings. The quantitative estimate of drug-likeness (QED) is 0.841. The van der Waals surface area contributed by atoms with Crippen LogP contribution >= 0.6 is 0 Å². The molecule has 2 aromatic heterocycles. The lowest BCUT2D eigenvalue weighted by Crippen LogP contribution is -2.45. The Hall–Kier alpha value is -1.81. The number of morpholine rings is 1. The fourth-order valence-electron chi connectivity index (χ4n) is 2.77. The van der Waals surface area contributed by atoms with Gasteiger partial charge in [-0.2, -0.15) is 0 Å². The maximum absolute atomic E-state index is 5.78. The first-order chi connectivity index (χ1) is 9.63. The second-order valence-corrected chi connectivity index (χ2v) is 5.43. The van der Waals surface area contributed by atoms with E-state index in [0.29, 0.717) is 0 Å². The summed E-state index contributed by atoms with van der Waals surface area (Å²) in [6.07, 6.45) is 2.18. The number of nitrogens with zero attached hydrogens (tertiary/aromatic N) is 2. The average molecular weight is 272 g/mol. The molecular weight excluding hydrogens is 252 g/mol. The van der Waals surface area contributed by atoms with Gasteiger partial charge in [-0.15, -0.1) is 0 Å². The Morgan fingerprint density at radius 2 is 1.90 bits per heavy atom. The number of aryl methyl sites for hydroxylation is 1. The zero-order valence-electron chi connectivity index (χ0n) is 12.2. The SMILES string of the molecule is Cc1occc1-c1cccc(N2CC(C)O[C@H](C)C2)n1. The maximum atomic E-state index is 5.78. The van der Waals surface area contributed by atoms with Gasteiger partial charge in [-0.1, -0.05) is 6.07 Å². The lowest BCUT2D eigenvalue weighted by atomic mass is 10.1. The number of ether oxygens (including phenoxy) is 1. The van der Waals surface area contributed by atoms with Crippen LogP contribution < -0.4 is 4.90 Å². The van der Waals surface area contributed by atoms with Crippen LogP contribution in [0.15, 0.2) is 34.9 Å². The number of pyridine rings is 1. The molecule has 1 aliphatic heterocycles. The van der Waals surface area contributed by atoms with Crippen molar-refractivity contribution in [2.75, 3.05) is 18.0 Å². The molecule has 3 heterocycles. The van der Waals surface area contributed by atoms with Crippen LogP contribution in [0.4, 0.5) is 5.82 Å². The van der Waals surface area contributed by atoms with Gasteiger partial charge in [0.25, 0.3) is 0 Å². The summed E-state index contributed by atoms with van der Waals surface area (Å²) < 4.78 is 11.1. The second-order valence-electron chi connectivity index (χ2n) is 5.43. The van der Waals surface area contributed by atoms with E-state index in [1.54, 1.807) is 6.26 Å². The van der Waals surface area contributed by atoms with Crippen LogP contribution in [0.3, 0.4) is 0 Å². The molecule has 0 radical (unpaired) electrons. The third-order valence-corrected chi connectivity index (χ3v) is 3.61. The van der Waals surface area contributed by atoms with Crippen LogP contribution in [0.1, 0.15) is 19.6 Å². The van der Waals surface area contributed by atoms with Crippen LogP contribution in [-0.4, -0.2) is 30.3 Å². The highest BCUT2D eigenvalue weighted by atomic mass is 16.5. The van der Waals surface area contributed by atoms with Gasteiger partial charge in [-0.3, -0.25) is 0 Å². The van der Waals surface area contributed by atoms with Gasteiger partial charge < -0.3 is 14.1 Å². The fourth-order valence-corrected chi connectivity index (χ4v) is 2.77.